The van der Waals surface area contributed by atoms with E-state index in [1.165, 1.54) is 11.9 Å². The standard InChI is InChI=1S/C6H10N2O2S/c1-2-3-6(5(9)10)4-11-8-7-6/h2-4H2,1H3,(H,9,10). The Balaban J connectivity index is 2.71. The van der Waals surface area contributed by atoms with Gasteiger partial charge in [-0.05, 0) is 6.42 Å². The minimum Gasteiger partial charge on any atom is -0.479 e. The third-order valence-electron chi connectivity index (χ3n) is 1.65. The van der Waals surface area contributed by atoms with E-state index >= 15 is 0 Å². The van der Waals surface area contributed by atoms with Gasteiger partial charge in [0.15, 0.2) is 5.54 Å². The highest BCUT2D eigenvalue weighted by molar-refractivity contribution is 7.98. The van der Waals surface area contributed by atoms with Gasteiger partial charge in [-0.25, -0.2) is 4.79 Å². The number of nitrogens with zero attached hydrogens (tertiary/aromatic N) is 2. The summed E-state index contributed by atoms with van der Waals surface area (Å²) in [5.74, 6) is -0.371. The first-order valence-corrected chi connectivity index (χ1v) is 4.43. The normalized spacial score (nSPS) is 29.2. The Hall–Kier alpha value is -0.580. The summed E-state index contributed by atoms with van der Waals surface area (Å²) < 4.78 is 3.64. The van der Waals surface area contributed by atoms with Crippen LogP contribution in [-0.4, -0.2) is 22.4 Å². The van der Waals surface area contributed by atoms with Crippen LogP contribution in [0.3, 0.4) is 0 Å². The smallest absolute Gasteiger partial charge is 0.334 e. The monoisotopic (exact) mass is 174 g/mol. The molecule has 0 aliphatic carbocycles. The quantitative estimate of drug-likeness (QED) is 0.662. The zero-order chi connectivity index (χ0) is 8.32. The average Bonchev–Trinajstić information content (AvgIpc) is 2.38. The van der Waals surface area contributed by atoms with Crippen LogP contribution in [0.2, 0.25) is 0 Å². The third-order valence-corrected chi connectivity index (χ3v) is 2.46. The summed E-state index contributed by atoms with van der Waals surface area (Å²) in [5.41, 5.74) is -0.917. The van der Waals surface area contributed by atoms with Gasteiger partial charge in [0.2, 0.25) is 0 Å². The first kappa shape index (κ1) is 8.52. The van der Waals surface area contributed by atoms with E-state index in [9.17, 15) is 4.79 Å². The second kappa shape index (κ2) is 3.21. The van der Waals surface area contributed by atoms with E-state index in [1.54, 1.807) is 0 Å². The molecule has 0 saturated heterocycles. The second-order valence-electron chi connectivity index (χ2n) is 2.54. The zero-order valence-corrected chi connectivity index (χ0v) is 7.10. The van der Waals surface area contributed by atoms with Crippen LogP contribution in [0.15, 0.2) is 9.63 Å². The molecule has 1 aliphatic heterocycles. The van der Waals surface area contributed by atoms with Crippen molar-refractivity contribution in [2.45, 2.75) is 25.3 Å². The van der Waals surface area contributed by atoms with Crippen LogP contribution in [0.5, 0.6) is 0 Å². The molecule has 1 atom stereocenters. The SMILES string of the molecule is CCCC1(C(=O)O)CSN=N1. The van der Waals surface area contributed by atoms with Gasteiger partial charge in [0.05, 0.1) is 5.75 Å². The Morgan fingerprint density at radius 1 is 1.82 bits per heavy atom. The van der Waals surface area contributed by atoms with E-state index in [1.807, 2.05) is 6.92 Å². The van der Waals surface area contributed by atoms with Gasteiger partial charge in [0.1, 0.15) is 0 Å². The largest absolute Gasteiger partial charge is 0.479 e. The first-order valence-electron chi connectivity index (χ1n) is 3.49. The van der Waals surface area contributed by atoms with Crippen LogP contribution >= 0.6 is 11.9 Å². The molecular weight excluding hydrogens is 164 g/mol. The Bertz CT molecular complexity index is 195. The number of carbonyl (C=O) groups is 1. The van der Waals surface area contributed by atoms with Crippen molar-refractivity contribution in [2.75, 3.05) is 5.75 Å². The maximum absolute atomic E-state index is 10.7. The number of aliphatic carboxylic acids is 1. The third kappa shape index (κ3) is 1.53. The lowest BCUT2D eigenvalue weighted by Gasteiger charge is -2.16. The molecule has 0 amide bonds. The topological polar surface area (TPSA) is 62.0 Å². The van der Waals surface area contributed by atoms with E-state index < -0.39 is 11.5 Å². The van der Waals surface area contributed by atoms with Gasteiger partial charge in [0, 0.05) is 11.9 Å². The molecule has 0 bridgehead atoms. The lowest BCUT2D eigenvalue weighted by molar-refractivity contribution is -0.142. The van der Waals surface area contributed by atoms with Crippen LogP contribution in [0, 0.1) is 0 Å². The fourth-order valence-electron chi connectivity index (χ4n) is 1.02. The molecule has 0 radical (unpaired) electrons. The summed E-state index contributed by atoms with van der Waals surface area (Å²) in [6, 6.07) is 0. The van der Waals surface area contributed by atoms with E-state index in [0.717, 1.165) is 6.42 Å². The predicted octanol–water partition coefficient (Wildman–Crippen LogP) is 1.72. The fraction of sp³-hybridized carbons (Fsp3) is 0.833. The van der Waals surface area contributed by atoms with Gasteiger partial charge in [-0.15, -0.1) is 4.52 Å². The molecule has 0 fully saturated rings. The van der Waals surface area contributed by atoms with Crippen molar-refractivity contribution in [3.8, 4) is 0 Å². The summed E-state index contributed by atoms with van der Waals surface area (Å²) in [5, 5.41) is 12.6. The second-order valence-corrected chi connectivity index (χ2v) is 3.25. The van der Waals surface area contributed by atoms with Gasteiger partial charge in [-0.2, -0.15) is 5.11 Å². The van der Waals surface area contributed by atoms with E-state index in [4.69, 9.17) is 5.11 Å². The fourth-order valence-corrected chi connectivity index (χ4v) is 1.83. The van der Waals surface area contributed by atoms with Crippen molar-refractivity contribution in [3.05, 3.63) is 0 Å². The summed E-state index contributed by atoms with van der Waals surface area (Å²) in [6.07, 6.45) is 1.41. The lowest BCUT2D eigenvalue weighted by atomic mass is 9.98. The molecule has 0 saturated carbocycles. The summed E-state index contributed by atoms with van der Waals surface area (Å²) in [7, 11) is 0. The average molecular weight is 174 g/mol. The number of carboxylic acid groups (broad SMARTS) is 1. The van der Waals surface area contributed by atoms with Crippen LogP contribution in [0.25, 0.3) is 0 Å². The highest BCUT2D eigenvalue weighted by Crippen LogP contribution is 2.31. The molecule has 5 heteroatoms. The molecule has 1 unspecified atom stereocenters. The number of rotatable bonds is 3. The van der Waals surface area contributed by atoms with E-state index in [-0.39, 0.29) is 0 Å². The highest BCUT2D eigenvalue weighted by Gasteiger charge is 2.41. The van der Waals surface area contributed by atoms with Gasteiger partial charge in [-0.3, -0.25) is 0 Å². The van der Waals surface area contributed by atoms with Crippen LogP contribution in [0.4, 0.5) is 0 Å². The summed E-state index contributed by atoms with van der Waals surface area (Å²) >= 11 is 1.23. The minimum absolute atomic E-state index is 0.482. The molecule has 0 aromatic heterocycles. The molecule has 4 nitrogen and oxygen atoms in total. The van der Waals surface area contributed by atoms with Gasteiger partial charge in [-0.1, -0.05) is 13.3 Å². The van der Waals surface area contributed by atoms with Crippen LogP contribution in [-0.2, 0) is 4.79 Å². The predicted molar refractivity (Wildman–Crippen MR) is 42.6 cm³/mol. The Kier molecular flexibility index (Phi) is 2.49. The maximum Gasteiger partial charge on any atom is 0.334 e. The van der Waals surface area contributed by atoms with Gasteiger partial charge >= 0.3 is 5.97 Å². The number of carboxylic acids is 1. The Morgan fingerprint density at radius 3 is 2.91 bits per heavy atom. The molecule has 0 aromatic carbocycles. The van der Waals surface area contributed by atoms with Crippen molar-refractivity contribution in [2.24, 2.45) is 9.63 Å². The summed E-state index contributed by atoms with van der Waals surface area (Å²) in [6.45, 7) is 1.95. The van der Waals surface area contributed by atoms with Crippen LogP contribution in [0.1, 0.15) is 19.8 Å². The van der Waals surface area contributed by atoms with Gasteiger partial charge in [0.25, 0.3) is 0 Å². The van der Waals surface area contributed by atoms with Crippen molar-refractivity contribution in [1.82, 2.24) is 0 Å². The molecule has 62 valence electrons. The molecule has 1 aliphatic rings. The highest BCUT2D eigenvalue weighted by atomic mass is 32.2. The maximum atomic E-state index is 10.7. The van der Waals surface area contributed by atoms with Crippen molar-refractivity contribution >= 4 is 17.9 Å². The molecule has 1 rings (SSSR count). The Labute approximate surface area is 69.2 Å². The molecular formula is C6H10N2O2S. The Morgan fingerprint density at radius 2 is 2.55 bits per heavy atom. The lowest BCUT2D eigenvalue weighted by Crippen LogP contribution is -2.36. The molecule has 11 heavy (non-hydrogen) atoms. The first-order chi connectivity index (χ1) is 5.21. The molecule has 1 heterocycles. The van der Waals surface area contributed by atoms with Crippen molar-refractivity contribution in [3.63, 3.8) is 0 Å². The number of hydrogen-bond acceptors (Lipinski definition) is 4. The van der Waals surface area contributed by atoms with Gasteiger partial charge < -0.3 is 5.11 Å². The molecule has 0 spiro atoms. The number of hydrogen-bond donors (Lipinski definition) is 1. The molecule has 0 aromatic rings. The van der Waals surface area contributed by atoms with E-state index in [2.05, 4.69) is 9.63 Å². The molecule has 1 N–H and O–H groups in total. The van der Waals surface area contributed by atoms with Crippen molar-refractivity contribution in [1.29, 1.82) is 0 Å². The summed E-state index contributed by atoms with van der Waals surface area (Å²) in [4.78, 5) is 10.7. The zero-order valence-electron chi connectivity index (χ0n) is 6.28. The van der Waals surface area contributed by atoms with Crippen LogP contribution < -0.4 is 0 Å². The van der Waals surface area contributed by atoms with E-state index in [0.29, 0.717) is 12.2 Å². The minimum atomic E-state index is -0.917. The van der Waals surface area contributed by atoms with Crippen molar-refractivity contribution < 1.29 is 9.90 Å².